The van der Waals surface area contributed by atoms with Crippen LogP contribution in [0.25, 0.3) is 0 Å². The molecule has 2 aliphatic heterocycles. The van der Waals surface area contributed by atoms with Crippen LogP contribution in [0.4, 0.5) is 5.69 Å². The van der Waals surface area contributed by atoms with Gasteiger partial charge >= 0.3 is 4.87 Å². The lowest BCUT2D eigenvalue weighted by atomic mass is 9.68. The highest BCUT2D eigenvalue weighted by atomic mass is 32.2. The van der Waals surface area contributed by atoms with Crippen molar-refractivity contribution >= 4 is 40.6 Å². The Morgan fingerprint density at radius 1 is 0.857 bits per heavy atom. The SMILES string of the molecule is COc1ccc(N2C(=O)C3C4CC(C3C2=O)C2C4Sc3[nH]c(=O)sc3[C@@H]2c2ccc(OCc3ccccc3)cc2)cc1. The van der Waals surface area contributed by atoms with Gasteiger partial charge in [-0.3, -0.25) is 19.3 Å². The highest BCUT2D eigenvalue weighted by Gasteiger charge is 2.69. The summed E-state index contributed by atoms with van der Waals surface area (Å²) in [5.41, 5.74) is 2.81. The molecule has 3 fully saturated rings. The van der Waals surface area contributed by atoms with Crippen LogP contribution < -0.4 is 19.2 Å². The minimum atomic E-state index is -0.334. The summed E-state index contributed by atoms with van der Waals surface area (Å²) in [5, 5.41) is 1.06. The molecule has 3 aromatic carbocycles. The Morgan fingerprint density at radius 2 is 1.55 bits per heavy atom. The number of benzene rings is 3. The number of hydrogen-bond donors (Lipinski definition) is 1. The fraction of sp³-hybridized carbons (Fsp3) is 0.303. The van der Waals surface area contributed by atoms with Crippen molar-refractivity contribution in [1.29, 1.82) is 0 Å². The monoisotopic (exact) mass is 596 g/mol. The fourth-order valence-electron chi connectivity index (χ4n) is 7.89. The van der Waals surface area contributed by atoms with Crippen LogP contribution in [-0.4, -0.2) is 29.2 Å². The van der Waals surface area contributed by atoms with E-state index in [0.29, 0.717) is 18.0 Å². The van der Waals surface area contributed by atoms with Crippen LogP contribution in [0.1, 0.15) is 28.3 Å². The summed E-state index contributed by atoms with van der Waals surface area (Å²) in [6, 6.07) is 25.4. The molecule has 1 N–H and O–H groups in total. The largest absolute Gasteiger partial charge is 0.497 e. The number of amides is 2. The number of rotatable bonds is 6. The molecule has 9 heteroatoms. The van der Waals surface area contributed by atoms with Crippen molar-refractivity contribution in [1.82, 2.24) is 4.98 Å². The Morgan fingerprint density at radius 3 is 2.26 bits per heavy atom. The predicted molar refractivity (Wildman–Crippen MR) is 161 cm³/mol. The number of aromatic amines is 1. The molecular weight excluding hydrogens is 569 g/mol. The molecule has 4 aliphatic rings. The van der Waals surface area contributed by atoms with E-state index in [0.717, 1.165) is 33.2 Å². The van der Waals surface area contributed by atoms with Gasteiger partial charge in [-0.2, -0.15) is 0 Å². The molecule has 2 saturated carbocycles. The number of aromatic nitrogens is 1. The number of methoxy groups -OCH3 is 1. The molecule has 3 heterocycles. The lowest BCUT2D eigenvalue weighted by Gasteiger charge is -2.43. The Hall–Kier alpha value is -3.82. The van der Waals surface area contributed by atoms with Crippen molar-refractivity contribution in [2.45, 2.75) is 29.2 Å². The minimum Gasteiger partial charge on any atom is -0.497 e. The van der Waals surface area contributed by atoms with E-state index < -0.39 is 0 Å². The summed E-state index contributed by atoms with van der Waals surface area (Å²) in [4.78, 5) is 45.8. The van der Waals surface area contributed by atoms with Crippen molar-refractivity contribution in [2.75, 3.05) is 12.0 Å². The molecular formula is C33H28N2O5S2. The second kappa shape index (κ2) is 9.88. The van der Waals surface area contributed by atoms with Crippen LogP contribution >= 0.6 is 23.1 Å². The topological polar surface area (TPSA) is 88.7 Å². The lowest BCUT2D eigenvalue weighted by molar-refractivity contribution is -0.123. The molecule has 0 spiro atoms. The molecule has 2 aliphatic carbocycles. The van der Waals surface area contributed by atoms with Gasteiger partial charge in [0, 0.05) is 16.0 Å². The summed E-state index contributed by atoms with van der Waals surface area (Å²) >= 11 is 2.98. The van der Waals surface area contributed by atoms with E-state index in [1.807, 2.05) is 42.5 Å². The Balaban J connectivity index is 1.12. The van der Waals surface area contributed by atoms with Gasteiger partial charge in [0.25, 0.3) is 0 Å². The number of fused-ring (bicyclic) bond motifs is 9. The number of anilines is 1. The number of nitrogens with one attached hydrogen (secondary N) is 1. The molecule has 7 nitrogen and oxygen atoms in total. The van der Waals surface area contributed by atoms with Gasteiger partial charge < -0.3 is 14.5 Å². The van der Waals surface area contributed by atoms with E-state index in [1.165, 1.54) is 16.2 Å². The second-order valence-electron chi connectivity index (χ2n) is 11.5. The molecule has 2 bridgehead atoms. The molecule has 1 saturated heterocycles. The molecule has 212 valence electrons. The van der Waals surface area contributed by atoms with Crippen LogP contribution in [0.3, 0.4) is 0 Å². The van der Waals surface area contributed by atoms with Gasteiger partial charge in [0.05, 0.1) is 29.7 Å². The summed E-state index contributed by atoms with van der Waals surface area (Å²) in [7, 11) is 1.59. The first-order valence-electron chi connectivity index (χ1n) is 14.2. The summed E-state index contributed by atoms with van der Waals surface area (Å²) in [5.74, 6) is 0.913. The van der Waals surface area contributed by atoms with Crippen molar-refractivity contribution in [2.24, 2.45) is 29.6 Å². The zero-order chi connectivity index (χ0) is 28.5. The molecule has 0 radical (unpaired) electrons. The van der Waals surface area contributed by atoms with Crippen LogP contribution in [0.15, 0.2) is 88.7 Å². The molecule has 4 aromatic rings. The summed E-state index contributed by atoms with van der Waals surface area (Å²) in [6.45, 7) is 0.488. The van der Waals surface area contributed by atoms with Crippen molar-refractivity contribution < 1.29 is 19.1 Å². The predicted octanol–water partition coefficient (Wildman–Crippen LogP) is 5.70. The molecule has 7 atom stereocenters. The normalized spacial score (nSPS) is 28.9. The number of carbonyl (C=O) groups excluding carboxylic acids is 2. The maximum atomic E-state index is 13.9. The Labute approximate surface area is 250 Å². The van der Waals surface area contributed by atoms with Crippen LogP contribution in [0.2, 0.25) is 0 Å². The maximum Gasteiger partial charge on any atom is 0.305 e. The van der Waals surface area contributed by atoms with Crippen molar-refractivity contribution in [3.05, 3.63) is 105 Å². The number of imide groups is 1. The summed E-state index contributed by atoms with van der Waals surface area (Å²) in [6.07, 6.45) is 0.861. The van der Waals surface area contributed by atoms with Gasteiger partial charge in [-0.15, -0.1) is 11.8 Å². The van der Waals surface area contributed by atoms with Gasteiger partial charge in [0.1, 0.15) is 18.1 Å². The molecule has 1 aromatic heterocycles. The third-order valence-corrected chi connectivity index (χ3v) is 12.1. The zero-order valence-corrected chi connectivity index (χ0v) is 24.4. The average molecular weight is 597 g/mol. The van der Waals surface area contributed by atoms with Gasteiger partial charge in [0.2, 0.25) is 11.8 Å². The number of carbonyl (C=O) groups is 2. The number of H-pyrrole nitrogens is 1. The maximum absolute atomic E-state index is 13.9. The Kier molecular flexibility index (Phi) is 6.08. The third kappa shape index (κ3) is 3.90. The average Bonchev–Trinajstić information content (AvgIpc) is 3.76. The van der Waals surface area contributed by atoms with Crippen LogP contribution in [0.5, 0.6) is 11.5 Å². The second-order valence-corrected chi connectivity index (χ2v) is 13.7. The van der Waals surface area contributed by atoms with E-state index in [4.69, 9.17) is 9.47 Å². The first-order valence-corrected chi connectivity index (χ1v) is 15.9. The van der Waals surface area contributed by atoms with Crippen molar-refractivity contribution in [3.63, 3.8) is 0 Å². The van der Waals surface area contributed by atoms with E-state index in [2.05, 4.69) is 17.1 Å². The van der Waals surface area contributed by atoms with E-state index in [1.54, 1.807) is 43.1 Å². The molecule has 8 rings (SSSR count). The highest BCUT2D eigenvalue weighted by molar-refractivity contribution is 8.00. The molecule has 6 unspecified atom stereocenters. The minimum absolute atomic E-state index is 0.0211. The molecule has 42 heavy (non-hydrogen) atoms. The number of ether oxygens (including phenoxy) is 2. The third-order valence-electron chi connectivity index (χ3n) is 9.54. The zero-order valence-electron chi connectivity index (χ0n) is 22.8. The smallest absolute Gasteiger partial charge is 0.305 e. The first-order chi connectivity index (χ1) is 20.5. The number of thioether (sulfide) groups is 1. The van der Waals surface area contributed by atoms with Crippen molar-refractivity contribution in [3.8, 4) is 11.5 Å². The van der Waals surface area contributed by atoms with E-state index >= 15 is 0 Å². The summed E-state index contributed by atoms with van der Waals surface area (Å²) < 4.78 is 11.3. The number of nitrogens with zero attached hydrogens (tertiary/aromatic N) is 1. The lowest BCUT2D eigenvalue weighted by Crippen LogP contribution is -2.42. The van der Waals surface area contributed by atoms with Gasteiger partial charge in [-0.25, -0.2) is 0 Å². The standard InChI is InChI=1S/C33H28N2O5S2/c1-39-20-13-9-19(10-14-20)35-31(36)26-22-15-23(27(26)32(35)37)28-25(22)24(29-30(41-28)34-33(38)42-29)18-7-11-21(12-8-18)40-16-17-5-3-2-4-6-17/h2-14,22-28H,15-16H2,1H3,(H,34,38)/t22?,23?,24-,25?,26?,27?,28?/m1/s1. The molecule has 2 amide bonds. The Bertz CT molecular complexity index is 1730. The van der Waals surface area contributed by atoms with Gasteiger partial charge in [0.15, 0.2) is 0 Å². The number of thiazole rings is 1. The quantitative estimate of drug-likeness (QED) is 0.287. The first kappa shape index (κ1) is 25.9. The van der Waals surface area contributed by atoms with Gasteiger partial charge in [-0.1, -0.05) is 53.8 Å². The van der Waals surface area contributed by atoms with Crippen LogP contribution in [0, 0.1) is 29.6 Å². The van der Waals surface area contributed by atoms with E-state index in [9.17, 15) is 14.4 Å². The number of hydrogen-bond acceptors (Lipinski definition) is 7. The fourth-order valence-corrected chi connectivity index (χ4v) is 10.8. The highest BCUT2D eigenvalue weighted by Crippen LogP contribution is 2.68. The van der Waals surface area contributed by atoms with Crippen LogP contribution in [-0.2, 0) is 16.2 Å². The van der Waals surface area contributed by atoms with E-state index in [-0.39, 0.29) is 57.4 Å². The van der Waals surface area contributed by atoms with Gasteiger partial charge in [-0.05, 0) is 71.7 Å².